The zero-order valence-electron chi connectivity index (χ0n) is 11.5. The van der Waals surface area contributed by atoms with Gasteiger partial charge in [-0.05, 0) is 53.5 Å². The summed E-state index contributed by atoms with van der Waals surface area (Å²) in [7, 11) is 0. The molecule has 21 heavy (non-hydrogen) atoms. The van der Waals surface area contributed by atoms with Gasteiger partial charge in [-0.1, -0.05) is 15.9 Å². The fourth-order valence-electron chi connectivity index (χ4n) is 1.81. The Bertz CT molecular complexity index is 716. The highest BCUT2D eigenvalue weighted by molar-refractivity contribution is 9.10. The van der Waals surface area contributed by atoms with Gasteiger partial charge in [0.15, 0.2) is 0 Å². The maximum atomic E-state index is 13.2. The molecule has 1 aromatic heterocycles. The largest absolute Gasteiger partial charge is 0.379 e. The van der Waals surface area contributed by atoms with Crippen molar-refractivity contribution in [2.24, 2.45) is 0 Å². The summed E-state index contributed by atoms with van der Waals surface area (Å²) < 4.78 is 15.8. The van der Waals surface area contributed by atoms with Gasteiger partial charge in [0.25, 0.3) is 5.56 Å². The zero-order chi connectivity index (χ0) is 15.6. The molecule has 0 aliphatic rings. The molecule has 0 fully saturated rings. The first-order valence-electron chi connectivity index (χ1n) is 6.35. The van der Waals surface area contributed by atoms with E-state index in [0.717, 1.165) is 10.0 Å². The number of benzene rings is 1. The smallest absolute Gasteiger partial charge is 0.283 e. The van der Waals surface area contributed by atoms with E-state index < -0.39 is 0 Å². The monoisotopic (exact) mass is 417 g/mol. The maximum absolute atomic E-state index is 13.2. The molecule has 0 saturated carbocycles. The molecule has 0 bridgehead atoms. The highest BCUT2D eigenvalue weighted by Gasteiger charge is 2.11. The first kappa shape index (κ1) is 16.2. The average molecular weight is 419 g/mol. The van der Waals surface area contributed by atoms with Gasteiger partial charge in [-0.3, -0.25) is 4.79 Å². The Morgan fingerprint density at radius 3 is 2.76 bits per heavy atom. The lowest BCUT2D eigenvalue weighted by Gasteiger charge is -2.13. The van der Waals surface area contributed by atoms with Crippen molar-refractivity contribution in [3.63, 3.8) is 0 Å². The van der Waals surface area contributed by atoms with Crippen molar-refractivity contribution in [2.45, 2.75) is 26.4 Å². The molecule has 2 rings (SSSR count). The van der Waals surface area contributed by atoms with E-state index in [2.05, 4.69) is 42.3 Å². The summed E-state index contributed by atoms with van der Waals surface area (Å²) in [5, 5.41) is 7.20. The molecule has 1 heterocycles. The Balaban J connectivity index is 2.23. The van der Waals surface area contributed by atoms with E-state index in [-0.39, 0.29) is 17.4 Å². The van der Waals surface area contributed by atoms with Gasteiger partial charge in [0.05, 0.1) is 17.9 Å². The van der Waals surface area contributed by atoms with Crippen LogP contribution < -0.4 is 10.9 Å². The van der Waals surface area contributed by atoms with Crippen LogP contribution in [0.4, 0.5) is 10.1 Å². The van der Waals surface area contributed by atoms with Gasteiger partial charge in [-0.25, -0.2) is 9.07 Å². The summed E-state index contributed by atoms with van der Waals surface area (Å²) in [4.78, 5) is 12.1. The molecule has 0 aliphatic carbocycles. The summed E-state index contributed by atoms with van der Waals surface area (Å²) in [5.74, 6) is -0.303. The van der Waals surface area contributed by atoms with E-state index in [4.69, 9.17) is 0 Å². The molecular weight excluding hydrogens is 405 g/mol. The molecule has 0 atom stereocenters. The molecule has 0 unspecified atom stereocenters. The number of rotatable bonds is 4. The highest BCUT2D eigenvalue weighted by Crippen LogP contribution is 2.22. The molecule has 0 amide bonds. The van der Waals surface area contributed by atoms with Crippen molar-refractivity contribution in [1.82, 2.24) is 9.78 Å². The summed E-state index contributed by atoms with van der Waals surface area (Å²) >= 11 is 6.65. The fourth-order valence-corrected chi connectivity index (χ4v) is 2.62. The molecule has 112 valence electrons. The van der Waals surface area contributed by atoms with E-state index in [1.807, 2.05) is 13.8 Å². The van der Waals surface area contributed by atoms with Gasteiger partial charge >= 0.3 is 0 Å². The van der Waals surface area contributed by atoms with Crippen LogP contribution in [0.25, 0.3) is 0 Å². The third kappa shape index (κ3) is 3.71. The number of nitrogens with one attached hydrogen (secondary N) is 1. The lowest BCUT2D eigenvalue weighted by molar-refractivity contribution is 0.501. The van der Waals surface area contributed by atoms with Crippen LogP contribution in [0, 0.1) is 5.82 Å². The number of hydrogen-bond donors (Lipinski definition) is 1. The first-order valence-corrected chi connectivity index (χ1v) is 7.94. The quantitative estimate of drug-likeness (QED) is 0.812. The van der Waals surface area contributed by atoms with Crippen LogP contribution in [-0.4, -0.2) is 9.78 Å². The van der Waals surface area contributed by atoms with Gasteiger partial charge in [0, 0.05) is 11.0 Å². The van der Waals surface area contributed by atoms with E-state index >= 15 is 0 Å². The van der Waals surface area contributed by atoms with Gasteiger partial charge in [0.2, 0.25) is 0 Å². The van der Waals surface area contributed by atoms with Crippen LogP contribution in [0.1, 0.15) is 25.5 Å². The number of anilines is 1. The standard InChI is InChI=1S/C14H14Br2FN3O/c1-8(2)20-14(21)13(16)12(7-19-20)18-6-9-5-10(17)3-4-11(9)15/h3-5,7-8,18H,6H2,1-2H3. The van der Waals surface area contributed by atoms with Crippen molar-refractivity contribution in [2.75, 3.05) is 5.32 Å². The average Bonchev–Trinajstić information content (AvgIpc) is 2.43. The number of halogens is 3. The van der Waals surface area contributed by atoms with Crippen LogP contribution in [0.5, 0.6) is 0 Å². The normalized spacial score (nSPS) is 11.0. The second-order valence-electron chi connectivity index (χ2n) is 4.80. The minimum atomic E-state index is -0.303. The summed E-state index contributed by atoms with van der Waals surface area (Å²) in [6.07, 6.45) is 1.58. The van der Waals surface area contributed by atoms with Gasteiger partial charge < -0.3 is 5.32 Å². The molecule has 0 saturated heterocycles. The predicted octanol–water partition coefficient (Wildman–Crippen LogP) is 4.10. The Labute approximate surface area is 138 Å². The van der Waals surface area contributed by atoms with Crippen molar-refractivity contribution >= 4 is 37.5 Å². The van der Waals surface area contributed by atoms with Crippen LogP contribution in [-0.2, 0) is 6.54 Å². The first-order chi connectivity index (χ1) is 9.90. The molecule has 1 aromatic carbocycles. The number of hydrogen-bond acceptors (Lipinski definition) is 3. The van der Waals surface area contributed by atoms with Gasteiger partial charge in [-0.2, -0.15) is 5.10 Å². The van der Waals surface area contributed by atoms with Crippen LogP contribution in [0.3, 0.4) is 0 Å². The molecule has 0 spiro atoms. The van der Waals surface area contributed by atoms with Crippen molar-refractivity contribution in [3.8, 4) is 0 Å². The third-order valence-electron chi connectivity index (χ3n) is 2.91. The maximum Gasteiger partial charge on any atom is 0.283 e. The van der Waals surface area contributed by atoms with Crippen LogP contribution in [0.2, 0.25) is 0 Å². The second-order valence-corrected chi connectivity index (χ2v) is 6.45. The zero-order valence-corrected chi connectivity index (χ0v) is 14.7. The Morgan fingerprint density at radius 2 is 2.10 bits per heavy atom. The molecule has 7 heteroatoms. The molecule has 0 aliphatic heterocycles. The topological polar surface area (TPSA) is 46.9 Å². The number of nitrogens with zero attached hydrogens (tertiary/aromatic N) is 2. The van der Waals surface area contributed by atoms with Gasteiger partial charge in [0.1, 0.15) is 10.3 Å². The summed E-state index contributed by atoms with van der Waals surface area (Å²) in [6.45, 7) is 4.15. The SMILES string of the molecule is CC(C)n1ncc(NCc2cc(F)ccc2Br)c(Br)c1=O. The second kappa shape index (κ2) is 6.70. The summed E-state index contributed by atoms with van der Waals surface area (Å²) in [6, 6.07) is 4.46. The lowest BCUT2D eigenvalue weighted by Crippen LogP contribution is -2.26. The number of aromatic nitrogens is 2. The highest BCUT2D eigenvalue weighted by atomic mass is 79.9. The minimum absolute atomic E-state index is 0.0137. The van der Waals surface area contributed by atoms with Crippen molar-refractivity contribution < 1.29 is 4.39 Å². The van der Waals surface area contributed by atoms with Crippen molar-refractivity contribution in [3.05, 3.63) is 55.1 Å². The minimum Gasteiger partial charge on any atom is -0.379 e. The molecule has 1 N–H and O–H groups in total. The van der Waals surface area contributed by atoms with E-state index in [9.17, 15) is 9.18 Å². The van der Waals surface area contributed by atoms with Crippen molar-refractivity contribution in [1.29, 1.82) is 0 Å². The van der Waals surface area contributed by atoms with E-state index in [0.29, 0.717) is 16.7 Å². The third-order valence-corrected chi connectivity index (χ3v) is 4.45. The Kier molecular flexibility index (Phi) is 5.16. The molecular formula is C14H14Br2FN3O. The van der Waals surface area contributed by atoms with Crippen LogP contribution >= 0.6 is 31.9 Å². The molecule has 0 radical (unpaired) electrons. The molecule has 2 aromatic rings. The molecule has 4 nitrogen and oxygen atoms in total. The van der Waals surface area contributed by atoms with E-state index in [1.54, 1.807) is 12.3 Å². The fraction of sp³-hybridized carbons (Fsp3) is 0.286. The summed E-state index contributed by atoms with van der Waals surface area (Å²) in [5.41, 5.74) is 1.14. The lowest BCUT2D eigenvalue weighted by atomic mass is 10.2. The van der Waals surface area contributed by atoms with Crippen LogP contribution in [0.15, 0.2) is 38.1 Å². The van der Waals surface area contributed by atoms with Gasteiger partial charge in [-0.15, -0.1) is 0 Å². The Morgan fingerprint density at radius 1 is 1.38 bits per heavy atom. The van der Waals surface area contributed by atoms with E-state index in [1.165, 1.54) is 16.8 Å². The predicted molar refractivity (Wildman–Crippen MR) is 88.0 cm³/mol. The Hall–Kier alpha value is -1.21.